The van der Waals surface area contributed by atoms with E-state index in [2.05, 4.69) is 60.9 Å². The summed E-state index contributed by atoms with van der Waals surface area (Å²) >= 11 is 9.89. The van der Waals surface area contributed by atoms with Gasteiger partial charge in [-0.25, -0.2) is 9.59 Å². The van der Waals surface area contributed by atoms with Gasteiger partial charge in [-0.15, -0.1) is 0 Å². The van der Waals surface area contributed by atoms with Gasteiger partial charge >= 0.3 is 11.9 Å². The molecular weight excluding hydrogens is 472 g/mol. The first-order valence-corrected chi connectivity index (χ1v) is 8.05. The predicted molar refractivity (Wildman–Crippen MR) is 90.5 cm³/mol. The molecule has 0 spiro atoms. The molecule has 0 aliphatic heterocycles. The highest BCUT2D eigenvalue weighted by Crippen LogP contribution is 2.36. The summed E-state index contributed by atoms with van der Waals surface area (Å²) in [5.41, 5.74) is 0.175. The van der Waals surface area contributed by atoms with Crippen molar-refractivity contribution in [1.82, 2.24) is 0 Å². The van der Waals surface area contributed by atoms with Crippen LogP contribution in [0.1, 0.15) is 20.7 Å². The van der Waals surface area contributed by atoms with Crippen LogP contribution in [0.2, 0.25) is 0 Å². The number of benzene rings is 1. The zero-order chi connectivity index (χ0) is 16.0. The molecular formula is C14H11Br3O4. The smallest absolute Gasteiger partial charge is 0.340 e. The molecule has 0 heterocycles. The van der Waals surface area contributed by atoms with E-state index in [1.807, 2.05) is 0 Å². The van der Waals surface area contributed by atoms with E-state index in [1.54, 1.807) is 0 Å². The highest BCUT2D eigenvalue weighted by atomic mass is 79.9. The third-order valence-electron chi connectivity index (χ3n) is 2.25. The Bertz CT molecular complexity index is 596. The standard InChI is InChI=1S/C14H11Br3O4/c1-3-5-20-13(18)8-7-9(15)11(16)12(17)10(8)14(19)21-6-4-2/h3-4,7H,1-2,5-6H2. The second-order valence-corrected chi connectivity index (χ2v) is 6.12. The molecule has 0 unspecified atom stereocenters. The molecule has 0 saturated carbocycles. The Morgan fingerprint density at radius 2 is 1.52 bits per heavy atom. The number of carbonyl (C=O) groups is 2. The van der Waals surface area contributed by atoms with Crippen LogP contribution in [-0.4, -0.2) is 25.2 Å². The number of halogens is 3. The molecule has 0 N–H and O–H groups in total. The van der Waals surface area contributed by atoms with Crippen LogP contribution in [-0.2, 0) is 9.47 Å². The van der Waals surface area contributed by atoms with Crippen molar-refractivity contribution in [3.8, 4) is 0 Å². The van der Waals surface area contributed by atoms with E-state index in [0.717, 1.165) is 0 Å². The molecule has 4 nitrogen and oxygen atoms in total. The van der Waals surface area contributed by atoms with Crippen LogP contribution < -0.4 is 0 Å². The third-order valence-corrected chi connectivity index (χ3v) is 5.56. The summed E-state index contributed by atoms with van der Waals surface area (Å²) in [6, 6.07) is 1.49. The number of carbonyl (C=O) groups excluding carboxylic acids is 2. The van der Waals surface area contributed by atoms with Crippen molar-refractivity contribution in [1.29, 1.82) is 0 Å². The quantitative estimate of drug-likeness (QED) is 0.336. The van der Waals surface area contributed by atoms with Gasteiger partial charge in [0, 0.05) is 13.4 Å². The molecule has 0 aliphatic carbocycles. The summed E-state index contributed by atoms with van der Waals surface area (Å²) in [4.78, 5) is 24.2. The van der Waals surface area contributed by atoms with Gasteiger partial charge in [0.1, 0.15) is 13.2 Å². The second kappa shape index (κ2) is 8.51. The van der Waals surface area contributed by atoms with E-state index in [-0.39, 0.29) is 24.3 Å². The summed E-state index contributed by atoms with van der Waals surface area (Å²) < 4.78 is 11.6. The van der Waals surface area contributed by atoms with Crippen LogP contribution >= 0.6 is 47.8 Å². The molecule has 0 atom stereocenters. The van der Waals surface area contributed by atoms with Crippen LogP contribution in [0.15, 0.2) is 44.8 Å². The van der Waals surface area contributed by atoms with Gasteiger partial charge in [-0.1, -0.05) is 25.3 Å². The molecule has 0 aliphatic rings. The monoisotopic (exact) mass is 480 g/mol. The number of hydrogen-bond acceptors (Lipinski definition) is 4. The van der Waals surface area contributed by atoms with E-state index >= 15 is 0 Å². The van der Waals surface area contributed by atoms with E-state index in [0.29, 0.717) is 13.4 Å². The maximum atomic E-state index is 12.1. The highest BCUT2D eigenvalue weighted by molar-refractivity contribution is 9.14. The molecule has 21 heavy (non-hydrogen) atoms. The average Bonchev–Trinajstić information content (AvgIpc) is 2.47. The molecule has 0 amide bonds. The molecule has 1 aromatic carbocycles. The summed E-state index contributed by atoms with van der Waals surface area (Å²) in [6.45, 7) is 7.03. The van der Waals surface area contributed by atoms with Gasteiger partial charge in [0.25, 0.3) is 0 Å². The lowest BCUT2D eigenvalue weighted by Crippen LogP contribution is -2.15. The number of rotatable bonds is 6. The zero-order valence-electron chi connectivity index (χ0n) is 10.8. The van der Waals surface area contributed by atoms with Gasteiger partial charge in [0.15, 0.2) is 0 Å². The van der Waals surface area contributed by atoms with Crippen LogP contribution in [0.5, 0.6) is 0 Å². The lowest BCUT2D eigenvalue weighted by atomic mass is 10.1. The maximum Gasteiger partial charge on any atom is 0.340 e. The second-order valence-electron chi connectivity index (χ2n) is 3.68. The van der Waals surface area contributed by atoms with Crippen molar-refractivity contribution in [2.24, 2.45) is 0 Å². The molecule has 112 valence electrons. The van der Waals surface area contributed by atoms with Crippen molar-refractivity contribution in [2.75, 3.05) is 13.2 Å². The first-order valence-electron chi connectivity index (χ1n) is 5.67. The fourth-order valence-corrected chi connectivity index (χ4v) is 2.97. The van der Waals surface area contributed by atoms with Crippen LogP contribution in [0.4, 0.5) is 0 Å². The largest absolute Gasteiger partial charge is 0.458 e. The van der Waals surface area contributed by atoms with Gasteiger partial charge in [-0.2, -0.15) is 0 Å². The van der Waals surface area contributed by atoms with Crippen molar-refractivity contribution in [3.63, 3.8) is 0 Å². The lowest BCUT2D eigenvalue weighted by Gasteiger charge is -2.13. The Morgan fingerprint density at radius 1 is 1.00 bits per heavy atom. The molecule has 0 saturated heterocycles. The predicted octanol–water partition coefficient (Wildman–Crippen LogP) is 4.66. The normalized spacial score (nSPS) is 9.86. The van der Waals surface area contributed by atoms with Crippen LogP contribution in [0, 0.1) is 0 Å². The molecule has 0 bridgehead atoms. The summed E-state index contributed by atoms with van der Waals surface area (Å²) in [6.07, 6.45) is 2.88. The Kier molecular flexibility index (Phi) is 7.34. The lowest BCUT2D eigenvalue weighted by molar-refractivity contribution is 0.0502. The minimum atomic E-state index is -0.652. The minimum Gasteiger partial charge on any atom is -0.458 e. The van der Waals surface area contributed by atoms with Crippen molar-refractivity contribution >= 4 is 59.7 Å². The van der Waals surface area contributed by atoms with Crippen LogP contribution in [0.25, 0.3) is 0 Å². The van der Waals surface area contributed by atoms with Gasteiger partial charge in [0.05, 0.1) is 11.1 Å². The van der Waals surface area contributed by atoms with E-state index < -0.39 is 11.9 Å². The van der Waals surface area contributed by atoms with Crippen molar-refractivity contribution in [2.45, 2.75) is 0 Å². The fourth-order valence-electron chi connectivity index (χ4n) is 1.37. The number of hydrogen-bond donors (Lipinski definition) is 0. The van der Waals surface area contributed by atoms with Gasteiger partial charge in [0.2, 0.25) is 0 Å². The summed E-state index contributed by atoms with van der Waals surface area (Å²) in [7, 11) is 0. The minimum absolute atomic E-state index is 0.0418. The molecule has 0 radical (unpaired) electrons. The van der Waals surface area contributed by atoms with Gasteiger partial charge in [-0.3, -0.25) is 0 Å². The molecule has 7 heteroatoms. The molecule has 1 aromatic rings. The topological polar surface area (TPSA) is 52.6 Å². The summed E-state index contributed by atoms with van der Waals surface area (Å²) in [5.74, 6) is -1.30. The van der Waals surface area contributed by atoms with Gasteiger partial charge < -0.3 is 9.47 Å². The summed E-state index contributed by atoms with van der Waals surface area (Å²) in [5, 5.41) is 0. The Labute approximate surface area is 147 Å². The molecule has 0 fully saturated rings. The van der Waals surface area contributed by atoms with Crippen molar-refractivity contribution < 1.29 is 19.1 Å². The molecule has 1 rings (SSSR count). The zero-order valence-corrected chi connectivity index (χ0v) is 15.6. The first-order chi connectivity index (χ1) is 9.93. The van der Waals surface area contributed by atoms with E-state index in [4.69, 9.17) is 9.47 Å². The first kappa shape index (κ1) is 18.1. The SMILES string of the molecule is C=CCOC(=O)c1cc(Br)c(Br)c(Br)c1C(=O)OCC=C. The van der Waals surface area contributed by atoms with Crippen LogP contribution in [0.3, 0.4) is 0 Å². The van der Waals surface area contributed by atoms with Gasteiger partial charge in [-0.05, 0) is 53.9 Å². The number of ether oxygens (including phenoxy) is 2. The third kappa shape index (κ3) is 4.52. The Hall–Kier alpha value is -0.920. The maximum absolute atomic E-state index is 12.1. The highest BCUT2D eigenvalue weighted by Gasteiger charge is 2.25. The van der Waals surface area contributed by atoms with E-state index in [9.17, 15) is 9.59 Å². The average molecular weight is 483 g/mol. The number of esters is 2. The van der Waals surface area contributed by atoms with E-state index in [1.165, 1.54) is 18.2 Å². The Morgan fingerprint density at radius 3 is 2.05 bits per heavy atom. The fraction of sp³-hybridized carbons (Fsp3) is 0.143. The molecule has 0 aromatic heterocycles. The van der Waals surface area contributed by atoms with Crippen molar-refractivity contribution in [3.05, 3.63) is 55.9 Å². The Balaban J connectivity index is 3.33.